The Morgan fingerprint density at radius 3 is 2.63 bits per heavy atom. The van der Waals surface area contributed by atoms with Crippen LogP contribution in [0.3, 0.4) is 0 Å². The van der Waals surface area contributed by atoms with Gasteiger partial charge in [-0.2, -0.15) is 0 Å². The summed E-state index contributed by atoms with van der Waals surface area (Å²) in [5, 5.41) is 3.20. The van der Waals surface area contributed by atoms with Crippen molar-refractivity contribution in [3.05, 3.63) is 35.9 Å². The van der Waals surface area contributed by atoms with Crippen molar-refractivity contribution in [2.24, 2.45) is 11.8 Å². The van der Waals surface area contributed by atoms with Crippen molar-refractivity contribution in [1.29, 1.82) is 0 Å². The largest absolute Gasteiger partial charge is 0.367 e. The maximum Gasteiger partial charge on any atom is 0.253 e. The molecule has 4 atom stereocenters. The number of hydrogen-bond donors (Lipinski definition) is 1. The van der Waals surface area contributed by atoms with Crippen LogP contribution in [0.4, 0.5) is 0 Å². The number of carbonyl (C=O) groups is 1. The van der Waals surface area contributed by atoms with E-state index in [-0.39, 0.29) is 5.91 Å². The van der Waals surface area contributed by atoms with Crippen LogP contribution >= 0.6 is 0 Å². The van der Waals surface area contributed by atoms with Crippen LogP contribution in [0.25, 0.3) is 0 Å². The van der Waals surface area contributed by atoms with Crippen LogP contribution in [0.2, 0.25) is 0 Å². The van der Waals surface area contributed by atoms with Crippen LogP contribution in [-0.4, -0.2) is 19.1 Å². The van der Waals surface area contributed by atoms with E-state index in [2.05, 4.69) is 5.32 Å². The maximum atomic E-state index is 12.4. The number of carbonyl (C=O) groups excluding carboxylic acids is 1. The SMILES string of the molecule is CO[C@H](C(=O)N[C@@H]1C[C@H]2CC[C@H]1C2)c1ccccc1. The third-order valence-electron chi connectivity index (χ3n) is 4.64. The third-order valence-corrected chi connectivity index (χ3v) is 4.64. The Kier molecular flexibility index (Phi) is 3.56. The minimum atomic E-state index is -0.486. The summed E-state index contributed by atoms with van der Waals surface area (Å²) in [6, 6.07) is 10.1. The summed E-state index contributed by atoms with van der Waals surface area (Å²) in [5.41, 5.74) is 0.922. The van der Waals surface area contributed by atoms with Gasteiger partial charge in [0, 0.05) is 13.2 Å². The number of ether oxygens (including phenoxy) is 1. The molecule has 1 amide bonds. The van der Waals surface area contributed by atoms with E-state index in [0.717, 1.165) is 17.9 Å². The van der Waals surface area contributed by atoms with Gasteiger partial charge in [0.1, 0.15) is 0 Å². The molecule has 0 aliphatic heterocycles. The highest BCUT2D eigenvalue weighted by Crippen LogP contribution is 2.44. The first kappa shape index (κ1) is 12.7. The van der Waals surface area contributed by atoms with E-state index in [1.165, 1.54) is 19.3 Å². The van der Waals surface area contributed by atoms with Crippen molar-refractivity contribution in [3.63, 3.8) is 0 Å². The predicted molar refractivity (Wildman–Crippen MR) is 73.6 cm³/mol. The van der Waals surface area contributed by atoms with Gasteiger partial charge in [0.15, 0.2) is 6.10 Å². The summed E-state index contributed by atoms with van der Waals surface area (Å²) in [7, 11) is 1.60. The Hall–Kier alpha value is -1.35. The first-order valence-electron chi connectivity index (χ1n) is 7.16. The molecule has 2 aliphatic rings. The number of rotatable bonds is 4. The second kappa shape index (κ2) is 5.33. The summed E-state index contributed by atoms with van der Waals surface area (Å²) in [5.74, 6) is 1.54. The third kappa shape index (κ3) is 2.52. The lowest BCUT2D eigenvalue weighted by atomic mass is 9.95. The highest BCUT2D eigenvalue weighted by molar-refractivity contribution is 5.82. The lowest BCUT2D eigenvalue weighted by Crippen LogP contribution is -2.41. The van der Waals surface area contributed by atoms with E-state index >= 15 is 0 Å². The molecule has 0 saturated heterocycles. The molecule has 0 radical (unpaired) electrons. The summed E-state index contributed by atoms with van der Waals surface area (Å²) in [6.07, 6.45) is 4.60. The highest BCUT2D eigenvalue weighted by Gasteiger charge is 2.40. The first-order valence-corrected chi connectivity index (χ1v) is 7.16. The quantitative estimate of drug-likeness (QED) is 0.902. The normalized spacial score (nSPS) is 30.3. The fourth-order valence-electron chi connectivity index (χ4n) is 3.70. The van der Waals surface area contributed by atoms with Gasteiger partial charge in [-0.25, -0.2) is 0 Å². The lowest BCUT2D eigenvalue weighted by Gasteiger charge is -2.25. The van der Waals surface area contributed by atoms with Crippen LogP contribution in [0.15, 0.2) is 30.3 Å². The van der Waals surface area contributed by atoms with E-state index < -0.39 is 6.10 Å². The monoisotopic (exact) mass is 259 g/mol. The molecule has 0 heterocycles. The Balaban J connectivity index is 1.65. The fraction of sp³-hybridized carbons (Fsp3) is 0.562. The van der Waals surface area contributed by atoms with Crippen molar-refractivity contribution >= 4 is 5.91 Å². The molecular formula is C16H21NO2. The van der Waals surface area contributed by atoms with Crippen LogP contribution in [0.5, 0.6) is 0 Å². The number of benzene rings is 1. The standard InChI is InChI=1S/C16H21NO2/c1-19-15(12-5-3-2-4-6-12)16(18)17-14-10-11-7-8-13(14)9-11/h2-6,11,13-15H,7-10H2,1H3,(H,17,18)/t11-,13-,14+,15-/m0/s1. The van der Waals surface area contributed by atoms with E-state index in [0.29, 0.717) is 12.0 Å². The van der Waals surface area contributed by atoms with Crippen molar-refractivity contribution in [2.45, 2.75) is 37.8 Å². The van der Waals surface area contributed by atoms with E-state index in [1.54, 1.807) is 7.11 Å². The predicted octanol–water partition coefficient (Wildman–Crippen LogP) is 2.68. The van der Waals surface area contributed by atoms with Crippen molar-refractivity contribution in [2.75, 3.05) is 7.11 Å². The minimum Gasteiger partial charge on any atom is -0.367 e. The maximum absolute atomic E-state index is 12.4. The lowest BCUT2D eigenvalue weighted by molar-refractivity contribution is -0.132. The molecule has 0 aromatic heterocycles. The van der Waals surface area contributed by atoms with Crippen LogP contribution in [0, 0.1) is 11.8 Å². The van der Waals surface area contributed by atoms with Crippen LogP contribution < -0.4 is 5.32 Å². The van der Waals surface area contributed by atoms with E-state index in [1.807, 2.05) is 30.3 Å². The average molecular weight is 259 g/mol. The Morgan fingerprint density at radius 2 is 2.05 bits per heavy atom. The molecule has 3 rings (SSSR count). The zero-order valence-electron chi connectivity index (χ0n) is 11.3. The van der Waals surface area contributed by atoms with Crippen molar-refractivity contribution in [3.8, 4) is 0 Å². The Morgan fingerprint density at radius 1 is 1.26 bits per heavy atom. The van der Waals surface area contributed by atoms with E-state index in [9.17, 15) is 4.79 Å². The summed E-state index contributed by atoms with van der Waals surface area (Å²) in [4.78, 5) is 12.4. The summed E-state index contributed by atoms with van der Waals surface area (Å²) >= 11 is 0. The fourth-order valence-corrected chi connectivity index (χ4v) is 3.70. The van der Waals surface area contributed by atoms with Crippen LogP contribution in [0.1, 0.15) is 37.4 Å². The average Bonchev–Trinajstić information content (AvgIpc) is 3.03. The highest BCUT2D eigenvalue weighted by atomic mass is 16.5. The first-order chi connectivity index (χ1) is 9.28. The van der Waals surface area contributed by atoms with Gasteiger partial charge in [0.2, 0.25) is 0 Å². The number of nitrogens with one attached hydrogen (secondary N) is 1. The van der Waals surface area contributed by atoms with E-state index in [4.69, 9.17) is 4.74 Å². The van der Waals surface area contributed by atoms with Gasteiger partial charge < -0.3 is 10.1 Å². The molecule has 2 saturated carbocycles. The molecule has 1 aromatic carbocycles. The zero-order valence-corrected chi connectivity index (χ0v) is 11.3. The molecule has 2 bridgehead atoms. The number of hydrogen-bond acceptors (Lipinski definition) is 2. The van der Waals surface area contributed by atoms with Gasteiger partial charge in [0.25, 0.3) is 5.91 Å². The topological polar surface area (TPSA) is 38.3 Å². The van der Waals surface area contributed by atoms with Gasteiger partial charge in [0.05, 0.1) is 0 Å². The molecule has 1 aromatic rings. The molecular weight excluding hydrogens is 238 g/mol. The molecule has 2 fully saturated rings. The van der Waals surface area contributed by atoms with Gasteiger partial charge in [-0.05, 0) is 36.7 Å². The van der Waals surface area contributed by atoms with Crippen molar-refractivity contribution in [1.82, 2.24) is 5.32 Å². The number of methoxy groups -OCH3 is 1. The Bertz CT molecular complexity index is 445. The second-order valence-electron chi connectivity index (χ2n) is 5.82. The van der Waals surface area contributed by atoms with Gasteiger partial charge >= 0.3 is 0 Å². The zero-order chi connectivity index (χ0) is 13.2. The number of fused-ring (bicyclic) bond motifs is 2. The summed E-state index contributed by atoms with van der Waals surface area (Å²) in [6.45, 7) is 0. The van der Waals surface area contributed by atoms with Crippen molar-refractivity contribution < 1.29 is 9.53 Å². The van der Waals surface area contributed by atoms with Gasteiger partial charge in [-0.1, -0.05) is 36.8 Å². The molecule has 1 N–H and O–H groups in total. The molecule has 3 heteroatoms. The minimum absolute atomic E-state index is 0.00579. The molecule has 3 nitrogen and oxygen atoms in total. The molecule has 102 valence electrons. The number of amides is 1. The molecule has 2 aliphatic carbocycles. The Labute approximate surface area is 114 Å². The van der Waals surface area contributed by atoms with Gasteiger partial charge in [-0.15, -0.1) is 0 Å². The summed E-state index contributed by atoms with van der Waals surface area (Å²) < 4.78 is 5.38. The second-order valence-corrected chi connectivity index (χ2v) is 5.82. The van der Waals surface area contributed by atoms with Gasteiger partial charge in [-0.3, -0.25) is 4.79 Å². The molecule has 0 unspecified atom stereocenters. The van der Waals surface area contributed by atoms with Crippen LogP contribution in [-0.2, 0) is 9.53 Å². The smallest absolute Gasteiger partial charge is 0.253 e. The molecule has 19 heavy (non-hydrogen) atoms. The molecule has 0 spiro atoms.